The van der Waals surface area contributed by atoms with Crippen molar-refractivity contribution in [3.63, 3.8) is 0 Å². The molecule has 0 spiro atoms. The fourth-order valence-corrected chi connectivity index (χ4v) is 5.20. The molecule has 220 valence electrons. The first-order chi connectivity index (χ1) is 20.5. The molecular formula is C31H36FN7O3. The highest BCUT2D eigenvalue weighted by Gasteiger charge is 2.30. The van der Waals surface area contributed by atoms with E-state index in [-0.39, 0.29) is 23.5 Å². The van der Waals surface area contributed by atoms with Gasteiger partial charge in [-0.15, -0.1) is 0 Å². The normalized spacial score (nSPS) is 15.4. The van der Waals surface area contributed by atoms with Crippen molar-refractivity contribution >= 4 is 11.7 Å². The zero-order chi connectivity index (χ0) is 29.3. The SMILES string of the molecule is COc1ccc(CCNC(=O)CC2CN(Cc3ccc(OC)c(F)c3)CCN2c2ccnc(Cn3ccnc3)n2)cc1. The largest absolute Gasteiger partial charge is 0.497 e. The summed E-state index contributed by atoms with van der Waals surface area (Å²) in [6.45, 7) is 3.65. The number of nitrogens with one attached hydrogen (secondary N) is 1. The van der Waals surface area contributed by atoms with Crippen LogP contribution in [0.1, 0.15) is 23.4 Å². The molecule has 4 aromatic rings. The van der Waals surface area contributed by atoms with E-state index in [2.05, 4.69) is 25.1 Å². The number of rotatable bonds is 12. The van der Waals surface area contributed by atoms with Crippen molar-refractivity contribution < 1.29 is 18.7 Å². The molecule has 2 aromatic heterocycles. The van der Waals surface area contributed by atoms with Gasteiger partial charge in [0.2, 0.25) is 5.91 Å². The number of halogens is 1. The first-order valence-electron chi connectivity index (χ1n) is 14.0. The van der Waals surface area contributed by atoms with E-state index < -0.39 is 0 Å². The molecule has 1 saturated heterocycles. The summed E-state index contributed by atoms with van der Waals surface area (Å²) >= 11 is 0. The lowest BCUT2D eigenvalue weighted by Crippen LogP contribution is -2.54. The number of carbonyl (C=O) groups is 1. The summed E-state index contributed by atoms with van der Waals surface area (Å²) in [5, 5.41) is 3.08. The molecule has 42 heavy (non-hydrogen) atoms. The predicted molar refractivity (Wildman–Crippen MR) is 157 cm³/mol. The monoisotopic (exact) mass is 573 g/mol. The summed E-state index contributed by atoms with van der Waals surface area (Å²) in [5.41, 5.74) is 1.98. The number of amides is 1. The van der Waals surface area contributed by atoms with Crippen LogP contribution in [0.2, 0.25) is 0 Å². The van der Waals surface area contributed by atoms with Crippen molar-refractivity contribution in [3.05, 3.63) is 96.2 Å². The number of carbonyl (C=O) groups excluding carboxylic acids is 1. The van der Waals surface area contributed by atoms with Gasteiger partial charge in [0, 0.05) is 57.7 Å². The third-order valence-electron chi connectivity index (χ3n) is 7.37. The maximum atomic E-state index is 14.4. The number of hydrogen-bond acceptors (Lipinski definition) is 8. The fourth-order valence-electron chi connectivity index (χ4n) is 5.20. The van der Waals surface area contributed by atoms with Crippen molar-refractivity contribution in [1.82, 2.24) is 29.7 Å². The van der Waals surface area contributed by atoms with Gasteiger partial charge in [0.05, 0.1) is 33.1 Å². The van der Waals surface area contributed by atoms with Crippen LogP contribution < -0.4 is 19.7 Å². The lowest BCUT2D eigenvalue weighted by atomic mass is 10.1. The molecular weight excluding hydrogens is 537 g/mol. The standard InChI is InChI=1S/C31H36FN7O3/c1-41-26-6-3-23(4-7-26)9-11-35-31(40)18-25-20-37(19-24-5-8-28(42-2)27(32)17-24)15-16-39(25)30-10-12-34-29(36-30)21-38-14-13-33-22-38/h3-8,10,12-14,17,22,25H,9,11,15-16,18-21H2,1-2H3,(H,35,40). The first kappa shape index (κ1) is 29.0. The number of hydrogen-bond donors (Lipinski definition) is 1. The second-order valence-electron chi connectivity index (χ2n) is 10.3. The number of aromatic nitrogens is 4. The summed E-state index contributed by atoms with van der Waals surface area (Å²) < 4.78 is 26.6. The predicted octanol–water partition coefficient (Wildman–Crippen LogP) is 3.32. The van der Waals surface area contributed by atoms with Crippen molar-refractivity contribution in [2.24, 2.45) is 0 Å². The number of anilines is 1. The molecule has 1 aliphatic rings. The number of ether oxygens (including phenoxy) is 2. The molecule has 0 radical (unpaired) electrons. The van der Waals surface area contributed by atoms with Crippen LogP contribution in [-0.4, -0.2) is 76.8 Å². The summed E-state index contributed by atoms with van der Waals surface area (Å²) in [6.07, 6.45) is 8.11. The summed E-state index contributed by atoms with van der Waals surface area (Å²) in [4.78, 5) is 31.0. The molecule has 1 amide bonds. The van der Waals surface area contributed by atoms with Gasteiger partial charge in [-0.25, -0.2) is 19.3 Å². The van der Waals surface area contributed by atoms with Gasteiger partial charge in [0.1, 0.15) is 17.4 Å². The van der Waals surface area contributed by atoms with Gasteiger partial charge >= 0.3 is 0 Å². The zero-order valence-corrected chi connectivity index (χ0v) is 23.9. The molecule has 0 bridgehead atoms. The Kier molecular flexibility index (Phi) is 9.60. The smallest absolute Gasteiger partial charge is 0.222 e. The Balaban J connectivity index is 1.26. The molecule has 3 heterocycles. The average molecular weight is 574 g/mol. The summed E-state index contributed by atoms with van der Waals surface area (Å²) in [7, 11) is 3.10. The van der Waals surface area contributed by atoms with Gasteiger partial charge in [-0.05, 0) is 47.9 Å². The third kappa shape index (κ3) is 7.61. The van der Waals surface area contributed by atoms with Gasteiger partial charge in [-0.2, -0.15) is 0 Å². The Labute approximate surface area is 245 Å². The van der Waals surface area contributed by atoms with E-state index in [9.17, 15) is 9.18 Å². The maximum Gasteiger partial charge on any atom is 0.222 e. The van der Waals surface area contributed by atoms with E-state index in [0.717, 1.165) is 35.7 Å². The minimum atomic E-state index is -0.382. The minimum absolute atomic E-state index is 0.0245. The van der Waals surface area contributed by atoms with E-state index in [4.69, 9.17) is 14.5 Å². The Morgan fingerprint density at radius 2 is 1.86 bits per heavy atom. The highest BCUT2D eigenvalue weighted by Crippen LogP contribution is 2.24. The second-order valence-corrected chi connectivity index (χ2v) is 10.3. The molecule has 1 fully saturated rings. The lowest BCUT2D eigenvalue weighted by Gasteiger charge is -2.42. The van der Waals surface area contributed by atoms with Gasteiger partial charge in [0.25, 0.3) is 0 Å². The van der Waals surface area contributed by atoms with E-state index in [0.29, 0.717) is 45.0 Å². The summed E-state index contributed by atoms with van der Waals surface area (Å²) in [6, 6.07) is 14.7. The molecule has 0 saturated carbocycles. The van der Waals surface area contributed by atoms with Crippen molar-refractivity contribution in [2.45, 2.75) is 32.0 Å². The third-order valence-corrected chi connectivity index (χ3v) is 7.37. The number of piperazine rings is 1. The average Bonchev–Trinajstić information content (AvgIpc) is 3.51. The van der Waals surface area contributed by atoms with Crippen LogP contribution in [0.4, 0.5) is 10.2 Å². The molecule has 1 unspecified atom stereocenters. The van der Waals surface area contributed by atoms with E-state index in [1.165, 1.54) is 13.2 Å². The van der Waals surface area contributed by atoms with Crippen LogP contribution in [0.25, 0.3) is 0 Å². The molecule has 5 rings (SSSR count). The van der Waals surface area contributed by atoms with Crippen molar-refractivity contribution in [3.8, 4) is 11.5 Å². The van der Waals surface area contributed by atoms with Crippen LogP contribution in [0.3, 0.4) is 0 Å². The van der Waals surface area contributed by atoms with Gasteiger partial charge in [-0.3, -0.25) is 9.69 Å². The first-order valence-corrected chi connectivity index (χ1v) is 14.0. The molecule has 0 aliphatic carbocycles. The van der Waals surface area contributed by atoms with Gasteiger partial charge in [-0.1, -0.05) is 18.2 Å². The highest BCUT2D eigenvalue weighted by atomic mass is 19.1. The number of imidazole rings is 1. The van der Waals surface area contributed by atoms with Crippen LogP contribution >= 0.6 is 0 Å². The van der Waals surface area contributed by atoms with Crippen molar-refractivity contribution in [1.29, 1.82) is 0 Å². The van der Waals surface area contributed by atoms with E-state index in [1.54, 1.807) is 31.9 Å². The number of benzene rings is 2. The van der Waals surface area contributed by atoms with E-state index >= 15 is 0 Å². The molecule has 1 aliphatic heterocycles. The minimum Gasteiger partial charge on any atom is -0.497 e. The van der Waals surface area contributed by atoms with E-state index in [1.807, 2.05) is 47.2 Å². The molecule has 11 heteroatoms. The topological polar surface area (TPSA) is 97.6 Å². The Morgan fingerprint density at radius 3 is 2.60 bits per heavy atom. The molecule has 1 N–H and O–H groups in total. The van der Waals surface area contributed by atoms with Crippen LogP contribution in [0.15, 0.2) is 73.4 Å². The lowest BCUT2D eigenvalue weighted by molar-refractivity contribution is -0.121. The highest BCUT2D eigenvalue weighted by molar-refractivity contribution is 5.77. The van der Waals surface area contributed by atoms with Crippen molar-refractivity contribution in [2.75, 3.05) is 45.3 Å². The molecule has 2 aromatic carbocycles. The zero-order valence-electron chi connectivity index (χ0n) is 23.9. The Bertz CT molecular complexity index is 1450. The Hall–Kier alpha value is -4.51. The quantitative estimate of drug-likeness (QED) is 0.276. The number of methoxy groups -OCH3 is 2. The van der Waals surface area contributed by atoms with Crippen LogP contribution in [0.5, 0.6) is 11.5 Å². The molecule has 1 atom stereocenters. The van der Waals surface area contributed by atoms with Gasteiger partial charge in [0.15, 0.2) is 11.6 Å². The number of nitrogens with zero attached hydrogens (tertiary/aromatic N) is 6. The summed E-state index contributed by atoms with van der Waals surface area (Å²) in [5.74, 6) is 2.08. The van der Waals surface area contributed by atoms with Crippen LogP contribution in [-0.2, 0) is 24.3 Å². The van der Waals surface area contributed by atoms with Crippen LogP contribution in [0, 0.1) is 5.82 Å². The van der Waals surface area contributed by atoms with Gasteiger partial charge < -0.3 is 24.3 Å². The Morgan fingerprint density at radius 1 is 1.02 bits per heavy atom. The molecule has 10 nitrogen and oxygen atoms in total. The maximum absolute atomic E-state index is 14.4. The fraction of sp³-hybridized carbons (Fsp3) is 0.355. The second kappa shape index (κ2) is 13.9.